The molecule has 7 heteroatoms. The molecule has 1 rings (SSSR count). The van der Waals surface area contributed by atoms with Gasteiger partial charge < -0.3 is 5.32 Å². The fourth-order valence-corrected chi connectivity index (χ4v) is 2.95. The number of amides is 1. The Balaban J connectivity index is 3.06. The molecule has 1 aromatic rings. The molecule has 1 amide bonds. The Morgan fingerprint density at radius 3 is 2.60 bits per heavy atom. The topological polar surface area (TPSA) is 75.3 Å². The van der Waals surface area contributed by atoms with Crippen LogP contribution < -0.4 is 10.0 Å². The Kier molecular flexibility index (Phi) is 6.16. The van der Waals surface area contributed by atoms with Crippen molar-refractivity contribution in [3.8, 4) is 0 Å². The molecule has 1 atom stereocenters. The Morgan fingerprint density at radius 1 is 1.40 bits per heavy atom. The highest BCUT2D eigenvalue weighted by molar-refractivity contribution is 9.10. The van der Waals surface area contributed by atoms with Crippen molar-refractivity contribution in [1.29, 1.82) is 0 Å². The second-order valence-electron chi connectivity index (χ2n) is 4.51. The largest absolute Gasteiger partial charge is 0.350 e. The first-order chi connectivity index (χ1) is 9.31. The van der Waals surface area contributed by atoms with E-state index in [2.05, 4.69) is 26.0 Å². The van der Waals surface area contributed by atoms with Gasteiger partial charge in [-0.15, -0.1) is 0 Å². The molecule has 0 aliphatic heterocycles. The summed E-state index contributed by atoms with van der Waals surface area (Å²) in [6, 6.07) is 4.42. The zero-order valence-corrected chi connectivity index (χ0v) is 14.1. The Bertz CT molecular complexity index is 587. The van der Waals surface area contributed by atoms with Gasteiger partial charge in [-0.25, -0.2) is 13.1 Å². The van der Waals surface area contributed by atoms with E-state index in [4.69, 9.17) is 0 Å². The van der Waals surface area contributed by atoms with E-state index in [1.54, 1.807) is 6.07 Å². The van der Waals surface area contributed by atoms with E-state index < -0.39 is 10.0 Å². The number of rotatable bonds is 6. The van der Waals surface area contributed by atoms with Crippen LogP contribution in [0.5, 0.6) is 0 Å². The quantitative estimate of drug-likeness (QED) is 0.814. The van der Waals surface area contributed by atoms with Crippen LogP contribution in [0.15, 0.2) is 27.6 Å². The summed E-state index contributed by atoms with van der Waals surface area (Å²) < 4.78 is 26.3. The molecule has 0 heterocycles. The molecule has 0 unspecified atom stereocenters. The molecule has 0 aromatic heterocycles. The molecule has 0 aliphatic carbocycles. The van der Waals surface area contributed by atoms with Gasteiger partial charge in [0.1, 0.15) is 0 Å². The Morgan fingerprint density at radius 2 is 2.05 bits per heavy atom. The summed E-state index contributed by atoms with van der Waals surface area (Å²) in [5.74, 6) is -0.286. The van der Waals surface area contributed by atoms with Crippen LogP contribution in [0, 0.1) is 0 Å². The lowest BCUT2D eigenvalue weighted by molar-refractivity contribution is 0.0937. The van der Waals surface area contributed by atoms with Gasteiger partial charge in [-0.3, -0.25) is 4.79 Å². The highest BCUT2D eigenvalue weighted by Crippen LogP contribution is 2.21. The lowest BCUT2D eigenvalue weighted by atomic mass is 10.1. The molecule has 0 saturated carbocycles. The second kappa shape index (κ2) is 7.19. The maximum atomic E-state index is 12.2. The molecule has 0 spiro atoms. The van der Waals surface area contributed by atoms with Crippen molar-refractivity contribution < 1.29 is 13.2 Å². The van der Waals surface area contributed by atoms with Crippen molar-refractivity contribution in [2.75, 3.05) is 7.05 Å². The molecular weight excluding hydrogens is 344 g/mol. The van der Waals surface area contributed by atoms with Gasteiger partial charge in [0, 0.05) is 10.5 Å². The van der Waals surface area contributed by atoms with Crippen LogP contribution in [0.4, 0.5) is 0 Å². The minimum absolute atomic E-state index is 0.0453. The number of halogens is 1. The molecule has 0 saturated heterocycles. The minimum atomic E-state index is -3.56. The van der Waals surface area contributed by atoms with E-state index in [9.17, 15) is 13.2 Å². The van der Waals surface area contributed by atoms with Crippen LogP contribution in [-0.2, 0) is 10.0 Å². The highest BCUT2D eigenvalue weighted by atomic mass is 79.9. The molecule has 5 nitrogen and oxygen atoms in total. The van der Waals surface area contributed by atoms with Crippen molar-refractivity contribution in [3.05, 3.63) is 28.2 Å². The number of carbonyl (C=O) groups is 1. The number of nitrogens with one attached hydrogen (secondary N) is 2. The summed E-state index contributed by atoms with van der Waals surface area (Å²) in [5.41, 5.74) is 0.310. The number of sulfonamides is 1. The van der Waals surface area contributed by atoms with Gasteiger partial charge >= 0.3 is 0 Å². The predicted molar refractivity (Wildman–Crippen MR) is 82.2 cm³/mol. The van der Waals surface area contributed by atoms with Crippen LogP contribution in [0.1, 0.15) is 37.0 Å². The zero-order chi connectivity index (χ0) is 15.3. The fourth-order valence-electron chi connectivity index (χ4n) is 1.77. The average Bonchev–Trinajstić information content (AvgIpc) is 2.39. The van der Waals surface area contributed by atoms with E-state index in [1.165, 1.54) is 19.2 Å². The van der Waals surface area contributed by atoms with Crippen LogP contribution >= 0.6 is 15.9 Å². The first kappa shape index (κ1) is 17.1. The summed E-state index contributed by atoms with van der Waals surface area (Å²) in [5, 5.41) is 2.85. The third-order valence-corrected chi connectivity index (χ3v) is 4.96. The summed E-state index contributed by atoms with van der Waals surface area (Å²) in [6.45, 7) is 3.96. The zero-order valence-electron chi connectivity index (χ0n) is 11.7. The van der Waals surface area contributed by atoms with Gasteiger partial charge in [0.2, 0.25) is 10.0 Å². The SMILES string of the molecule is CCC[C@@H](C)NC(=O)c1cc(S(=O)(=O)NC)ccc1Br. The van der Waals surface area contributed by atoms with Crippen LogP contribution in [-0.4, -0.2) is 27.4 Å². The van der Waals surface area contributed by atoms with E-state index in [0.29, 0.717) is 10.0 Å². The van der Waals surface area contributed by atoms with Crippen molar-refractivity contribution in [2.24, 2.45) is 0 Å². The van der Waals surface area contributed by atoms with Gasteiger partial charge in [0.25, 0.3) is 5.91 Å². The van der Waals surface area contributed by atoms with E-state index >= 15 is 0 Å². The first-order valence-corrected chi connectivity index (χ1v) is 8.63. The van der Waals surface area contributed by atoms with Crippen molar-refractivity contribution in [3.63, 3.8) is 0 Å². The maximum Gasteiger partial charge on any atom is 0.252 e. The van der Waals surface area contributed by atoms with Gasteiger partial charge in [0.05, 0.1) is 10.5 Å². The van der Waals surface area contributed by atoms with Crippen molar-refractivity contribution in [1.82, 2.24) is 10.0 Å². The van der Waals surface area contributed by atoms with Gasteiger partial charge in [-0.1, -0.05) is 13.3 Å². The van der Waals surface area contributed by atoms with Gasteiger partial charge in [0.15, 0.2) is 0 Å². The second-order valence-corrected chi connectivity index (χ2v) is 7.25. The third kappa shape index (κ3) is 4.29. The normalized spacial score (nSPS) is 13.0. The van der Waals surface area contributed by atoms with Crippen molar-refractivity contribution in [2.45, 2.75) is 37.6 Å². The molecule has 112 valence electrons. The standard InChI is InChI=1S/C13H19BrN2O3S/c1-4-5-9(2)16-13(17)11-8-10(6-7-12(11)14)20(18,19)15-3/h6-9,15H,4-5H2,1-3H3,(H,16,17)/t9-/m1/s1. The van der Waals surface area contributed by atoms with Crippen LogP contribution in [0.2, 0.25) is 0 Å². The molecular formula is C13H19BrN2O3S. The summed E-state index contributed by atoms with van der Waals surface area (Å²) in [6.07, 6.45) is 1.84. The molecule has 2 N–H and O–H groups in total. The lowest BCUT2D eigenvalue weighted by Crippen LogP contribution is -2.32. The molecule has 1 aromatic carbocycles. The monoisotopic (exact) mass is 362 g/mol. The van der Waals surface area contributed by atoms with Crippen LogP contribution in [0.25, 0.3) is 0 Å². The summed E-state index contributed by atoms with van der Waals surface area (Å²) in [7, 11) is -2.23. The number of benzene rings is 1. The predicted octanol–water partition coefficient (Wildman–Crippen LogP) is 2.28. The summed E-state index contributed by atoms with van der Waals surface area (Å²) >= 11 is 3.27. The number of hydrogen-bond acceptors (Lipinski definition) is 3. The minimum Gasteiger partial charge on any atom is -0.350 e. The Labute approximate surface area is 128 Å². The van der Waals surface area contributed by atoms with E-state index in [1.807, 2.05) is 13.8 Å². The van der Waals surface area contributed by atoms with Crippen LogP contribution in [0.3, 0.4) is 0 Å². The molecule has 0 radical (unpaired) electrons. The third-order valence-electron chi connectivity index (χ3n) is 2.86. The fraction of sp³-hybridized carbons (Fsp3) is 0.462. The van der Waals surface area contributed by atoms with E-state index in [0.717, 1.165) is 12.8 Å². The number of hydrogen-bond donors (Lipinski definition) is 2. The molecule has 0 fully saturated rings. The van der Waals surface area contributed by atoms with Gasteiger partial charge in [-0.05, 0) is 54.5 Å². The molecule has 0 bridgehead atoms. The number of carbonyl (C=O) groups excluding carboxylic acids is 1. The van der Waals surface area contributed by atoms with Gasteiger partial charge in [-0.2, -0.15) is 0 Å². The summed E-state index contributed by atoms with van der Waals surface area (Å²) in [4.78, 5) is 12.2. The average molecular weight is 363 g/mol. The smallest absolute Gasteiger partial charge is 0.252 e. The van der Waals surface area contributed by atoms with E-state index in [-0.39, 0.29) is 16.8 Å². The first-order valence-electron chi connectivity index (χ1n) is 6.35. The maximum absolute atomic E-state index is 12.2. The van der Waals surface area contributed by atoms with Crippen molar-refractivity contribution >= 4 is 31.9 Å². The highest BCUT2D eigenvalue weighted by Gasteiger charge is 2.18. The Hall–Kier alpha value is -0.920. The lowest BCUT2D eigenvalue weighted by Gasteiger charge is -2.14. The molecule has 20 heavy (non-hydrogen) atoms. The molecule has 0 aliphatic rings.